The zero-order valence-electron chi connectivity index (χ0n) is 13.5. The van der Waals surface area contributed by atoms with Crippen molar-refractivity contribution in [2.24, 2.45) is 0 Å². The van der Waals surface area contributed by atoms with Crippen LogP contribution in [0.2, 0.25) is 0 Å². The minimum Gasteiger partial charge on any atom is -0.392 e. The number of nitrogens with zero attached hydrogens (tertiary/aromatic N) is 5. The van der Waals surface area contributed by atoms with Crippen molar-refractivity contribution >= 4 is 0 Å². The summed E-state index contributed by atoms with van der Waals surface area (Å²) in [7, 11) is 0. The summed E-state index contributed by atoms with van der Waals surface area (Å²) in [6, 6.07) is 16.1. The van der Waals surface area contributed by atoms with Gasteiger partial charge in [-0.2, -0.15) is 4.68 Å². The maximum atomic E-state index is 13.6. The molecule has 1 fully saturated rings. The summed E-state index contributed by atoms with van der Waals surface area (Å²) in [4.78, 5) is 2.09. The van der Waals surface area contributed by atoms with Gasteiger partial charge in [0.05, 0.1) is 18.3 Å². The Hall–Kier alpha value is -2.64. The maximum Gasteiger partial charge on any atom is 0.170 e. The van der Waals surface area contributed by atoms with E-state index in [0.29, 0.717) is 25.3 Å². The fourth-order valence-corrected chi connectivity index (χ4v) is 3.37. The SMILES string of the molecule is O[C@@H]1C[C@H](c2cccc(F)c2)N(Cc2nnnn2-c2ccccc2)C1. The standard InChI is InChI=1S/C18H18FN5O/c19-14-6-4-5-13(9-14)17-10-16(25)11-23(17)12-18-20-21-22-24(18)15-7-2-1-3-8-15/h1-9,16-17,25H,10-12H2/t16-,17-/m1/s1. The van der Waals surface area contributed by atoms with Crippen molar-refractivity contribution in [3.63, 3.8) is 0 Å². The fourth-order valence-electron chi connectivity index (χ4n) is 3.37. The normalized spacial score (nSPS) is 20.9. The topological polar surface area (TPSA) is 67.1 Å². The van der Waals surface area contributed by atoms with Crippen LogP contribution in [0.1, 0.15) is 23.9 Å². The Morgan fingerprint density at radius 1 is 1.12 bits per heavy atom. The zero-order valence-corrected chi connectivity index (χ0v) is 13.5. The van der Waals surface area contributed by atoms with Gasteiger partial charge in [0.2, 0.25) is 0 Å². The predicted molar refractivity (Wildman–Crippen MR) is 89.3 cm³/mol. The van der Waals surface area contributed by atoms with Crippen LogP contribution in [-0.4, -0.2) is 42.9 Å². The van der Waals surface area contributed by atoms with Crippen molar-refractivity contribution < 1.29 is 9.50 Å². The summed E-state index contributed by atoms with van der Waals surface area (Å²) in [5.74, 6) is 0.412. The molecule has 0 aliphatic carbocycles. The lowest BCUT2D eigenvalue weighted by Crippen LogP contribution is -2.26. The Kier molecular flexibility index (Phi) is 4.25. The number of benzene rings is 2. The number of halogens is 1. The Balaban J connectivity index is 1.61. The number of para-hydroxylation sites is 1. The molecule has 1 saturated heterocycles. The number of tetrazole rings is 1. The minimum absolute atomic E-state index is 0.0633. The summed E-state index contributed by atoms with van der Waals surface area (Å²) in [5.41, 5.74) is 1.74. The first-order chi connectivity index (χ1) is 12.2. The van der Waals surface area contributed by atoms with E-state index in [9.17, 15) is 9.50 Å². The number of aromatic nitrogens is 4. The average molecular weight is 339 g/mol. The van der Waals surface area contributed by atoms with E-state index in [1.54, 1.807) is 10.7 Å². The number of rotatable bonds is 4. The first kappa shape index (κ1) is 15.9. The maximum absolute atomic E-state index is 13.6. The van der Waals surface area contributed by atoms with Gasteiger partial charge in [0.15, 0.2) is 5.82 Å². The molecule has 0 radical (unpaired) electrons. The van der Waals surface area contributed by atoms with Crippen LogP contribution >= 0.6 is 0 Å². The van der Waals surface area contributed by atoms with Gasteiger partial charge in [-0.1, -0.05) is 30.3 Å². The number of hydrogen-bond donors (Lipinski definition) is 1. The van der Waals surface area contributed by atoms with Crippen LogP contribution in [0.25, 0.3) is 5.69 Å². The second-order valence-electron chi connectivity index (χ2n) is 6.23. The van der Waals surface area contributed by atoms with Gasteiger partial charge in [0, 0.05) is 12.6 Å². The molecular weight excluding hydrogens is 321 g/mol. The van der Waals surface area contributed by atoms with E-state index in [2.05, 4.69) is 20.4 Å². The molecule has 0 unspecified atom stereocenters. The molecule has 0 bridgehead atoms. The largest absolute Gasteiger partial charge is 0.392 e. The van der Waals surface area contributed by atoms with Gasteiger partial charge < -0.3 is 5.11 Å². The number of aliphatic hydroxyl groups excluding tert-OH is 1. The third-order valence-electron chi connectivity index (χ3n) is 4.49. The predicted octanol–water partition coefficient (Wildman–Crippen LogP) is 2.11. The number of hydrogen-bond acceptors (Lipinski definition) is 5. The highest BCUT2D eigenvalue weighted by atomic mass is 19.1. The number of likely N-dealkylation sites (tertiary alicyclic amines) is 1. The summed E-state index contributed by atoms with van der Waals surface area (Å²) < 4.78 is 15.3. The monoisotopic (exact) mass is 339 g/mol. The Labute approximate surface area is 144 Å². The summed E-state index contributed by atoms with van der Waals surface area (Å²) in [6.45, 7) is 0.975. The molecule has 4 rings (SSSR count). The first-order valence-corrected chi connectivity index (χ1v) is 8.21. The highest BCUT2D eigenvalue weighted by Gasteiger charge is 2.33. The van der Waals surface area contributed by atoms with E-state index in [1.807, 2.05) is 36.4 Å². The second kappa shape index (κ2) is 6.70. The van der Waals surface area contributed by atoms with E-state index in [-0.39, 0.29) is 11.9 Å². The van der Waals surface area contributed by atoms with Crippen molar-refractivity contribution in [3.8, 4) is 5.69 Å². The van der Waals surface area contributed by atoms with Gasteiger partial charge in [-0.3, -0.25) is 4.90 Å². The molecule has 128 valence electrons. The Morgan fingerprint density at radius 3 is 2.76 bits per heavy atom. The second-order valence-corrected chi connectivity index (χ2v) is 6.23. The molecule has 0 spiro atoms. The molecular formula is C18H18FN5O. The van der Waals surface area contributed by atoms with Gasteiger partial charge >= 0.3 is 0 Å². The van der Waals surface area contributed by atoms with E-state index in [4.69, 9.17) is 0 Å². The summed E-state index contributed by atoms with van der Waals surface area (Å²) in [5, 5.41) is 22.1. The van der Waals surface area contributed by atoms with Crippen LogP contribution < -0.4 is 0 Å². The molecule has 2 aromatic carbocycles. The van der Waals surface area contributed by atoms with Crippen molar-refractivity contribution in [2.45, 2.75) is 25.1 Å². The van der Waals surface area contributed by atoms with Gasteiger partial charge in [-0.15, -0.1) is 5.10 Å². The van der Waals surface area contributed by atoms with Crippen LogP contribution in [0.5, 0.6) is 0 Å². The fraction of sp³-hybridized carbons (Fsp3) is 0.278. The van der Waals surface area contributed by atoms with Crippen LogP contribution in [0.4, 0.5) is 4.39 Å². The molecule has 7 heteroatoms. The van der Waals surface area contributed by atoms with Gasteiger partial charge in [0.25, 0.3) is 0 Å². The third kappa shape index (κ3) is 3.29. The zero-order chi connectivity index (χ0) is 17.2. The molecule has 0 amide bonds. The molecule has 1 N–H and O–H groups in total. The average Bonchev–Trinajstić information content (AvgIpc) is 3.22. The highest BCUT2D eigenvalue weighted by Crippen LogP contribution is 2.33. The van der Waals surface area contributed by atoms with Gasteiger partial charge in [-0.05, 0) is 46.7 Å². The Bertz CT molecular complexity index is 853. The molecule has 3 aromatic rings. The minimum atomic E-state index is -0.450. The lowest BCUT2D eigenvalue weighted by molar-refractivity contribution is 0.171. The van der Waals surface area contributed by atoms with E-state index in [1.165, 1.54) is 12.1 Å². The Morgan fingerprint density at radius 2 is 1.96 bits per heavy atom. The summed E-state index contributed by atoms with van der Waals surface area (Å²) >= 11 is 0. The molecule has 1 aliphatic heterocycles. The molecule has 1 aliphatic rings. The van der Waals surface area contributed by atoms with E-state index < -0.39 is 6.10 Å². The third-order valence-corrected chi connectivity index (χ3v) is 4.49. The molecule has 6 nitrogen and oxygen atoms in total. The molecule has 1 aromatic heterocycles. The van der Waals surface area contributed by atoms with E-state index >= 15 is 0 Å². The number of aliphatic hydroxyl groups is 1. The van der Waals surface area contributed by atoms with Crippen molar-refractivity contribution in [1.29, 1.82) is 0 Å². The smallest absolute Gasteiger partial charge is 0.170 e. The lowest BCUT2D eigenvalue weighted by Gasteiger charge is -2.23. The molecule has 0 saturated carbocycles. The summed E-state index contributed by atoms with van der Waals surface area (Å²) in [6.07, 6.45) is 0.116. The highest BCUT2D eigenvalue weighted by molar-refractivity contribution is 5.30. The quantitative estimate of drug-likeness (QED) is 0.788. The van der Waals surface area contributed by atoms with Gasteiger partial charge in [0.1, 0.15) is 5.82 Å². The van der Waals surface area contributed by atoms with Crippen molar-refractivity contribution in [2.75, 3.05) is 6.54 Å². The van der Waals surface area contributed by atoms with Crippen LogP contribution in [0.3, 0.4) is 0 Å². The van der Waals surface area contributed by atoms with Crippen molar-refractivity contribution in [1.82, 2.24) is 25.1 Å². The molecule has 2 atom stereocenters. The van der Waals surface area contributed by atoms with Crippen molar-refractivity contribution in [3.05, 3.63) is 71.8 Å². The van der Waals surface area contributed by atoms with Crippen LogP contribution in [0, 0.1) is 5.82 Å². The van der Waals surface area contributed by atoms with E-state index in [0.717, 1.165) is 11.3 Å². The number of β-amino-alcohol motifs (C(OH)–C–C–N with tert-alkyl or cyclic N) is 1. The molecule has 25 heavy (non-hydrogen) atoms. The molecule has 2 heterocycles. The lowest BCUT2D eigenvalue weighted by atomic mass is 10.0. The first-order valence-electron chi connectivity index (χ1n) is 8.21. The van der Waals surface area contributed by atoms with Gasteiger partial charge in [-0.25, -0.2) is 4.39 Å². The van der Waals surface area contributed by atoms with Crippen LogP contribution in [-0.2, 0) is 6.54 Å². The van der Waals surface area contributed by atoms with Crippen LogP contribution in [0.15, 0.2) is 54.6 Å².